The standard InChI is InChI=1S/C17H17ClN6O2/c1-2-26-15-8-6-14(7-9-15)24-16(21-22-23-24)11-19-17(25)20-13-5-3-4-12(18)10-13/h3-10H,2,11H2,1H3,(H2,19,20,25). The van der Waals surface area contributed by atoms with Gasteiger partial charge in [-0.05, 0) is 59.8 Å². The van der Waals surface area contributed by atoms with Crippen molar-refractivity contribution in [2.24, 2.45) is 0 Å². The number of anilines is 1. The number of ether oxygens (including phenoxy) is 1. The van der Waals surface area contributed by atoms with E-state index in [4.69, 9.17) is 16.3 Å². The van der Waals surface area contributed by atoms with Crippen LogP contribution >= 0.6 is 11.6 Å². The van der Waals surface area contributed by atoms with E-state index in [1.165, 1.54) is 0 Å². The molecule has 0 saturated carbocycles. The molecule has 0 aliphatic heterocycles. The summed E-state index contributed by atoms with van der Waals surface area (Å²) in [5.41, 5.74) is 1.37. The lowest BCUT2D eigenvalue weighted by molar-refractivity contribution is 0.251. The van der Waals surface area contributed by atoms with Gasteiger partial charge < -0.3 is 15.4 Å². The van der Waals surface area contributed by atoms with Crippen molar-refractivity contribution in [3.8, 4) is 11.4 Å². The topological polar surface area (TPSA) is 94.0 Å². The monoisotopic (exact) mass is 372 g/mol. The van der Waals surface area contributed by atoms with Crippen LogP contribution in [0.25, 0.3) is 5.69 Å². The van der Waals surface area contributed by atoms with Gasteiger partial charge >= 0.3 is 6.03 Å². The highest BCUT2D eigenvalue weighted by molar-refractivity contribution is 6.30. The first-order valence-corrected chi connectivity index (χ1v) is 8.34. The van der Waals surface area contributed by atoms with E-state index < -0.39 is 0 Å². The summed E-state index contributed by atoms with van der Waals surface area (Å²) in [7, 11) is 0. The Hall–Kier alpha value is -3.13. The molecule has 0 spiro atoms. The molecule has 0 aliphatic carbocycles. The number of nitrogens with zero attached hydrogens (tertiary/aromatic N) is 4. The van der Waals surface area contributed by atoms with Crippen molar-refractivity contribution in [1.82, 2.24) is 25.5 Å². The number of aromatic nitrogens is 4. The zero-order chi connectivity index (χ0) is 18.4. The fourth-order valence-corrected chi connectivity index (χ4v) is 2.46. The molecule has 0 aliphatic rings. The van der Waals surface area contributed by atoms with Crippen LogP contribution in [0.1, 0.15) is 12.7 Å². The molecule has 0 atom stereocenters. The van der Waals surface area contributed by atoms with Crippen LogP contribution in [0.15, 0.2) is 48.5 Å². The maximum absolute atomic E-state index is 12.0. The second-order valence-electron chi connectivity index (χ2n) is 5.25. The zero-order valence-electron chi connectivity index (χ0n) is 14.0. The predicted octanol–water partition coefficient (Wildman–Crippen LogP) is 3.04. The van der Waals surface area contributed by atoms with Crippen molar-refractivity contribution in [2.45, 2.75) is 13.5 Å². The summed E-state index contributed by atoms with van der Waals surface area (Å²) >= 11 is 5.90. The second kappa shape index (κ2) is 8.30. The van der Waals surface area contributed by atoms with Gasteiger partial charge in [0.1, 0.15) is 5.75 Å². The Kier molecular flexibility index (Phi) is 5.65. The SMILES string of the molecule is CCOc1ccc(-n2nnnc2CNC(=O)Nc2cccc(Cl)c2)cc1. The van der Waals surface area contributed by atoms with Crippen LogP contribution in [0.5, 0.6) is 5.75 Å². The third-order valence-electron chi connectivity index (χ3n) is 3.42. The minimum Gasteiger partial charge on any atom is -0.494 e. The number of amides is 2. The molecule has 1 aromatic heterocycles. The van der Waals surface area contributed by atoms with E-state index in [0.717, 1.165) is 11.4 Å². The summed E-state index contributed by atoms with van der Waals surface area (Å²) in [6.45, 7) is 2.68. The lowest BCUT2D eigenvalue weighted by Gasteiger charge is -2.09. The van der Waals surface area contributed by atoms with Crippen LogP contribution in [0.3, 0.4) is 0 Å². The fraction of sp³-hybridized carbons (Fsp3) is 0.176. The van der Waals surface area contributed by atoms with Crippen LogP contribution in [0, 0.1) is 0 Å². The van der Waals surface area contributed by atoms with Crippen molar-refractivity contribution in [2.75, 3.05) is 11.9 Å². The van der Waals surface area contributed by atoms with Crippen molar-refractivity contribution < 1.29 is 9.53 Å². The summed E-state index contributed by atoms with van der Waals surface area (Å²) in [5, 5.41) is 17.5. The molecule has 9 heteroatoms. The first-order chi connectivity index (χ1) is 12.7. The number of hydrogen-bond acceptors (Lipinski definition) is 5. The van der Waals surface area contributed by atoms with Crippen LogP contribution in [0.2, 0.25) is 5.02 Å². The molecule has 3 aromatic rings. The van der Waals surface area contributed by atoms with Gasteiger partial charge in [0.2, 0.25) is 0 Å². The maximum Gasteiger partial charge on any atom is 0.319 e. The van der Waals surface area contributed by atoms with Crippen molar-refractivity contribution >= 4 is 23.3 Å². The van der Waals surface area contributed by atoms with Crippen LogP contribution in [0.4, 0.5) is 10.5 Å². The highest BCUT2D eigenvalue weighted by atomic mass is 35.5. The molecule has 134 valence electrons. The highest BCUT2D eigenvalue weighted by Gasteiger charge is 2.10. The third-order valence-corrected chi connectivity index (χ3v) is 3.65. The molecular weight excluding hydrogens is 356 g/mol. The summed E-state index contributed by atoms with van der Waals surface area (Å²) in [5.74, 6) is 1.26. The summed E-state index contributed by atoms with van der Waals surface area (Å²) in [6.07, 6.45) is 0. The average molecular weight is 373 g/mol. The molecule has 2 aromatic carbocycles. The Morgan fingerprint density at radius 1 is 1.23 bits per heavy atom. The third kappa shape index (κ3) is 4.48. The normalized spacial score (nSPS) is 10.4. The van der Waals surface area contributed by atoms with Gasteiger partial charge in [0.05, 0.1) is 18.8 Å². The highest BCUT2D eigenvalue weighted by Crippen LogP contribution is 2.16. The van der Waals surface area contributed by atoms with Gasteiger partial charge in [0, 0.05) is 10.7 Å². The molecule has 8 nitrogen and oxygen atoms in total. The smallest absolute Gasteiger partial charge is 0.319 e. The van der Waals surface area contributed by atoms with Gasteiger partial charge in [0.25, 0.3) is 0 Å². The molecule has 3 rings (SSSR count). The molecule has 0 radical (unpaired) electrons. The minimum absolute atomic E-state index is 0.159. The number of rotatable bonds is 6. The van der Waals surface area contributed by atoms with E-state index in [1.54, 1.807) is 28.9 Å². The summed E-state index contributed by atoms with van der Waals surface area (Å²) in [4.78, 5) is 12.0. The van der Waals surface area contributed by atoms with Crippen molar-refractivity contribution in [3.05, 3.63) is 59.4 Å². The summed E-state index contributed by atoms with van der Waals surface area (Å²) < 4.78 is 6.97. The maximum atomic E-state index is 12.0. The number of nitrogens with one attached hydrogen (secondary N) is 2. The number of carbonyl (C=O) groups is 1. The molecule has 2 amide bonds. The molecule has 0 saturated heterocycles. The first-order valence-electron chi connectivity index (χ1n) is 7.96. The minimum atomic E-state index is -0.381. The van der Waals surface area contributed by atoms with Crippen LogP contribution in [-0.4, -0.2) is 32.8 Å². The number of carbonyl (C=O) groups excluding carboxylic acids is 1. The lowest BCUT2D eigenvalue weighted by Crippen LogP contribution is -2.29. The van der Waals surface area contributed by atoms with E-state index in [9.17, 15) is 4.79 Å². The summed E-state index contributed by atoms with van der Waals surface area (Å²) in [6, 6.07) is 13.9. The Labute approximate surface area is 155 Å². The van der Waals surface area contributed by atoms with Gasteiger partial charge in [-0.25, -0.2) is 4.79 Å². The largest absolute Gasteiger partial charge is 0.494 e. The average Bonchev–Trinajstić information content (AvgIpc) is 3.09. The number of tetrazole rings is 1. The second-order valence-corrected chi connectivity index (χ2v) is 5.69. The number of halogens is 1. The zero-order valence-corrected chi connectivity index (χ0v) is 14.8. The van der Waals surface area contributed by atoms with Crippen molar-refractivity contribution in [3.63, 3.8) is 0 Å². The van der Waals surface area contributed by atoms with E-state index in [1.807, 2.05) is 31.2 Å². The van der Waals surface area contributed by atoms with Crippen molar-refractivity contribution in [1.29, 1.82) is 0 Å². The van der Waals surface area contributed by atoms with Gasteiger partial charge in [-0.1, -0.05) is 17.7 Å². The van der Waals surface area contributed by atoms with Gasteiger partial charge in [-0.15, -0.1) is 5.10 Å². The van der Waals surface area contributed by atoms with Gasteiger partial charge in [-0.3, -0.25) is 0 Å². The Morgan fingerprint density at radius 3 is 2.77 bits per heavy atom. The van der Waals surface area contributed by atoms with Crippen LogP contribution in [-0.2, 0) is 6.54 Å². The molecule has 26 heavy (non-hydrogen) atoms. The Morgan fingerprint density at radius 2 is 2.04 bits per heavy atom. The number of hydrogen-bond donors (Lipinski definition) is 2. The van der Waals surface area contributed by atoms with E-state index in [0.29, 0.717) is 23.1 Å². The molecule has 0 bridgehead atoms. The van der Waals surface area contributed by atoms with Crippen LogP contribution < -0.4 is 15.4 Å². The number of urea groups is 1. The Balaban J connectivity index is 1.62. The molecule has 0 unspecified atom stereocenters. The molecular formula is C17H17ClN6O2. The molecule has 2 N–H and O–H groups in total. The first kappa shape index (κ1) is 17.7. The van der Waals surface area contributed by atoms with E-state index in [2.05, 4.69) is 26.2 Å². The molecule has 0 fully saturated rings. The van der Waals surface area contributed by atoms with E-state index in [-0.39, 0.29) is 12.6 Å². The van der Waals surface area contributed by atoms with E-state index >= 15 is 0 Å². The fourth-order valence-electron chi connectivity index (χ4n) is 2.27. The quantitative estimate of drug-likeness (QED) is 0.693. The predicted molar refractivity (Wildman–Crippen MR) is 97.6 cm³/mol. The van der Waals surface area contributed by atoms with Gasteiger partial charge in [-0.2, -0.15) is 4.68 Å². The molecule has 1 heterocycles. The van der Waals surface area contributed by atoms with Gasteiger partial charge in [0.15, 0.2) is 5.82 Å². The number of benzene rings is 2. The Bertz CT molecular complexity index is 881. The lowest BCUT2D eigenvalue weighted by atomic mass is 10.3.